The van der Waals surface area contributed by atoms with Crippen LogP contribution < -0.4 is 5.32 Å². The van der Waals surface area contributed by atoms with Crippen LogP contribution in [0.1, 0.15) is 39.5 Å². The van der Waals surface area contributed by atoms with Crippen LogP contribution in [0.5, 0.6) is 0 Å². The Balaban J connectivity index is 1.51. The van der Waals surface area contributed by atoms with Crippen LogP contribution in [-0.4, -0.2) is 31.1 Å². The number of rotatable bonds is 6. The molecule has 0 radical (unpaired) electrons. The second-order valence-electron chi connectivity index (χ2n) is 7.70. The third-order valence-corrected chi connectivity index (χ3v) is 5.96. The topological polar surface area (TPSA) is 91.5 Å². The Bertz CT molecular complexity index is 1280. The molecule has 3 aromatic heterocycles. The molecule has 0 unspecified atom stereocenters. The summed E-state index contributed by atoms with van der Waals surface area (Å²) in [4.78, 5) is 22.0. The zero-order chi connectivity index (χ0) is 22.8. The minimum Gasteiger partial charge on any atom is -0.478 e. The minimum absolute atomic E-state index is 0.191. The normalized spacial score (nSPS) is 17.7. The predicted octanol–water partition coefficient (Wildman–Crippen LogP) is 4.61. The number of aromatic carboxylic acids is 1. The van der Waals surface area contributed by atoms with E-state index in [9.17, 15) is 4.79 Å². The van der Waals surface area contributed by atoms with Crippen molar-refractivity contribution in [3.05, 3.63) is 108 Å². The van der Waals surface area contributed by atoms with Crippen molar-refractivity contribution >= 4 is 23.3 Å². The van der Waals surface area contributed by atoms with Gasteiger partial charge < -0.3 is 19.7 Å². The van der Waals surface area contributed by atoms with Gasteiger partial charge >= 0.3 is 5.97 Å². The highest BCUT2D eigenvalue weighted by atomic mass is 32.1. The fraction of sp³-hybridized carbons (Fsp3) is 0.120. The summed E-state index contributed by atoms with van der Waals surface area (Å²) in [5, 5.41) is 13.2. The molecule has 2 N–H and O–H groups in total. The lowest BCUT2D eigenvalue weighted by atomic mass is 10.0. The number of nitrogens with one attached hydrogen (secondary N) is 1. The molecule has 8 heteroatoms. The number of furan rings is 1. The lowest BCUT2D eigenvalue weighted by Gasteiger charge is -2.26. The van der Waals surface area contributed by atoms with E-state index in [0.717, 1.165) is 22.6 Å². The quantitative estimate of drug-likeness (QED) is 0.407. The molecule has 1 fully saturated rings. The standard InChI is InChI=1S/C25H20N4O3S/c30-24(31)18-8-6-17(7-9-18)20-10-11-21(32-20)23-22(19-5-1-2-13-27-19)28-25(33)29(23)15-16-4-3-12-26-14-16/h1-14,22-23H,15H2,(H,28,33)(H,30,31)/t22-,23-/m1/s1. The van der Waals surface area contributed by atoms with E-state index in [2.05, 4.69) is 20.2 Å². The average molecular weight is 457 g/mol. The maximum absolute atomic E-state index is 11.2. The monoisotopic (exact) mass is 456 g/mol. The Morgan fingerprint density at radius 2 is 1.91 bits per heavy atom. The van der Waals surface area contributed by atoms with Crippen LogP contribution in [-0.2, 0) is 6.54 Å². The van der Waals surface area contributed by atoms with E-state index in [1.807, 2.05) is 48.7 Å². The molecule has 2 atom stereocenters. The fourth-order valence-electron chi connectivity index (χ4n) is 4.02. The molecule has 0 spiro atoms. The minimum atomic E-state index is -0.962. The van der Waals surface area contributed by atoms with E-state index in [1.165, 1.54) is 0 Å². The molecule has 0 bridgehead atoms. The van der Waals surface area contributed by atoms with Gasteiger partial charge in [0.15, 0.2) is 5.11 Å². The number of carboxylic acid groups (broad SMARTS) is 1. The lowest BCUT2D eigenvalue weighted by Crippen LogP contribution is -2.29. The first kappa shape index (κ1) is 20.8. The molecule has 164 valence electrons. The van der Waals surface area contributed by atoms with Gasteiger partial charge in [0.2, 0.25) is 0 Å². The number of hydrogen-bond acceptors (Lipinski definition) is 5. The maximum atomic E-state index is 11.2. The molecule has 33 heavy (non-hydrogen) atoms. The molecule has 5 rings (SSSR count). The van der Waals surface area contributed by atoms with Gasteiger partial charge in [0.1, 0.15) is 17.6 Å². The van der Waals surface area contributed by atoms with Crippen molar-refractivity contribution in [2.24, 2.45) is 0 Å². The molecule has 4 heterocycles. The summed E-state index contributed by atoms with van der Waals surface area (Å²) in [6.45, 7) is 0.566. The lowest BCUT2D eigenvalue weighted by molar-refractivity contribution is 0.0697. The van der Waals surface area contributed by atoms with Crippen LogP contribution in [0.4, 0.5) is 0 Å². The van der Waals surface area contributed by atoms with Gasteiger partial charge in [-0.3, -0.25) is 9.97 Å². The van der Waals surface area contributed by atoms with E-state index >= 15 is 0 Å². The third-order valence-electron chi connectivity index (χ3n) is 5.61. The van der Waals surface area contributed by atoms with Gasteiger partial charge in [-0.25, -0.2) is 4.79 Å². The van der Waals surface area contributed by atoms with Gasteiger partial charge in [0.25, 0.3) is 0 Å². The largest absolute Gasteiger partial charge is 0.478 e. The second-order valence-corrected chi connectivity index (χ2v) is 8.09. The molecule has 1 aliphatic heterocycles. The van der Waals surface area contributed by atoms with Crippen LogP contribution in [0.2, 0.25) is 0 Å². The molecule has 0 saturated carbocycles. The van der Waals surface area contributed by atoms with Crippen LogP contribution in [0.25, 0.3) is 11.3 Å². The van der Waals surface area contributed by atoms with Gasteiger partial charge in [-0.2, -0.15) is 0 Å². The predicted molar refractivity (Wildman–Crippen MR) is 126 cm³/mol. The molecule has 4 aromatic rings. The first-order valence-electron chi connectivity index (χ1n) is 10.4. The number of thiocarbonyl (C=S) groups is 1. The Hall–Kier alpha value is -4.04. The van der Waals surface area contributed by atoms with Crippen LogP contribution in [0.15, 0.2) is 89.7 Å². The van der Waals surface area contributed by atoms with Crippen molar-refractivity contribution in [1.82, 2.24) is 20.2 Å². The fourth-order valence-corrected chi connectivity index (χ4v) is 4.32. The van der Waals surface area contributed by atoms with E-state index < -0.39 is 5.97 Å². The van der Waals surface area contributed by atoms with Gasteiger partial charge in [-0.1, -0.05) is 24.3 Å². The van der Waals surface area contributed by atoms with Crippen molar-refractivity contribution in [2.75, 3.05) is 0 Å². The zero-order valence-electron chi connectivity index (χ0n) is 17.5. The summed E-state index contributed by atoms with van der Waals surface area (Å²) in [5.41, 5.74) is 2.92. The summed E-state index contributed by atoms with van der Waals surface area (Å²) >= 11 is 5.70. The molecule has 7 nitrogen and oxygen atoms in total. The summed E-state index contributed by atoms with van der Waals surface area (Å²) in [5.74, 6) is 0.427. The number of aromatic nitrogens is 2. The van der Waals surface area contributed by atoms with Gasteiger partial charge in [0, 0.05) is 30.7 Å². The Morgan fingerprint density at radius 1 is 1.06 bits per heavy atom. The van der Waals surface area contributed by atoms with Crippen LogP contribution >= 0.6 is 12.2 Å². The molecule has 1 aliphatic rings. The van der Waals surface area contributed by atoms with Crippen LogP contribution in [0.3, 0.4) is 0 Å². The van der Waals surface area contributed by atoms with Crippen molar-refractivity contribution in [3.63, 3.8) is 0 Å². The molecule has 1 aromatic carbocycles. The molecular weight excluding hydrogens is 436 g/mol. The van der Waals surface area contributed by atoms with Crippen molar-refractivity contribution in [3.8, 4) is 11.3 Å². The molecule has 0 amide bonds. The Morgan fingerprint density at radius 3 is 2.61 bits per heavy atom. The Labute approximate surface area is 195 Å². The molecule has 1 saturated heterocycles. The maximum Gasteiger partial charge on any atom is 0.335 e. The molecule has 0 aliphatic carbocycles. The van der Waals surface area contributed by atoms with Crippen molar-refractivity contribution in [1.29, 1.82) is 0 Å². The van der Waals surface area contributed by atoms with E-state index in [4.69, 9.17) is 21.7 Å². The summed E-state index contributed by atoms with van der Waals surface area (Å²) < 4.78 is 6.29. The van der Waals surface area contributed by atoms with E-state index in [1.54, 1.807) is 36.7 Å². The summed E-state index contributed by atoms with van der Waals surface area (Å²) in [6, 6.07) is 19.7. The second kappa shape index (κ2) is 8.84. The zero-order valence-corrected chi connectivity index (χ0v) is 18.3. The number of pyridine rings is 2. The molecular formula is C25H20N4O3S. The first-order chi connectivity index (χ1) is 16.1. The SMILES string of the molecule is O=C(O)c1ccc(-c2ccc([C@@H]3[C@@H](c4ccccn4)NC(=S)N3Cc3cccnc3)o2)cc1. The van der Waals surface area contributed by atoms with Crippen molar-refractivity contribution < 1.29 is 14.3 Å². The van der Waals surface area contributed by atoms with Gasteiger partial charge in [-0.15, -0.1) is 0 Å². The average Bonchev–Trinajstić information content (AvgIpc) is 3.45. The number of benzene rings is 1. The van der Waals surface area contributed by atoms with Gasteiger partial charge in [-0.05, 0) is 60.2 Å². The highest BCUT2D eigenvalue weighted by molar-refractivity contribution is 7.80. The summed E-state index contributed by atoms with van der Waals surface area (Å²) in [6.07, 6.45) is 5.33. The van der Waals surface area contributed by atoms with Gasteiger partial charge in [0.05, 0.1) is 17.3 Å². The van der Waals surface area contributed by atoms with E-state index in [0.29, 0.717) is 17.4 Å². The highest BCUT2D eigenvalue weighted by Crippen LogP contribution is 2.41. The number of hydrogen-bond donors (Lipinski definition) is 2. The number of carboxylic acids is 1. The highest BCUT2D eigenvalue weighted by Gasteiger charge is 2.41. The number of nitrogens with zero attached hydrogens (tertiary/aromatic N) is 3. The number of carbonyl (C=O) groups is 1. The summed E-state index contributed by atoms with van der Waals surface area (Å²) in [7, 11) is 0. The smallest absolute Gasteiger partial charge is 0.335 e. The Kier molecular flexibility index (Phi) is 5.58. The van der Waals surface area contributed by atoms with Crippen LogP contribution in [0, 0.1) is 0 Å². The third kappa shape index (κ3) is 4.20. The first-order valence-corrected chi connectivity index (χ1v) is 10.8. The van der Waals surface area contributed by atoms with Crippen molar-refractivity contribution in [2.45, 2.75) is 18.6 Å². The van der Waals surface area contributed by atoms with E-state index in [-0.39, 0.29) is 17.6 Å².